The van der Waals surface area contributed by atoms with Crippen LogP contribution in [0.5, 0.6) is 0 Å². The van der Waals surface area contributed by atoms with Gasteiger partial charge in [0.25, 0.3) is 0 Å². The second-order valence-corrected chi connectivity index (χ2v) is 4.72. The highest BCUT2D eigenvalue weighted by molar-refractivity contribution is 5.28. The highest BCUT2D eigenvalue weighted by atomic mass is 19.1. The largest absolute Gasteiger partial charge is 0.394 e. The summed E-state index contributed by atoms with van der Waals surface area (Å²) >= 11 is 0. The minimum absolute atomic E-state index is 0.114. The van der Waals surface area contributed by atoms with Crippen molar-refractivity contribution in [2.45, 2.75) is 31.7 Å². The van der Waals surface area contributed by atoms with E-state index in [0.717, 1.165) is 30.5 Å². The molecule has 1 unspecified atom stereocenters. The molecule has 1 fully saturated rings. The van der Waals surface area contributed by atoms with Crippen molar-refractivity contribution in [1.29, 1.82) is 0 Å². The van der Waals surface area contributed by atoms with Gasteiger partial charge in [-0.25, -0.2) is 4.39 Å². The van der Waals surface area contributed by atoms with Gasteiger partial charge in [0.15, 0.2) is 0 Å². The number of aryl methyl sites for hydroxylation is 1. The minimum Gasteiger partial charge on any atom is -0.394 e. The summed E-state index contributed by atoms with van der Waals surface area (Å²) in [6, 6.07) is 4.85. The lowest BCUT2D eigenvalue weighted by atomic mass is 9.88. The first kappa shape index (κ1) is 11.6. The fourth-order valence-electron chi connectivity index (χ4n) is 2.41. The van der Waals surface area contributed by atoms with E-state index in [0.29, 0.717) is 6.42 Å². The third-order valence-electron chi connectivity index (χ3n) is 3.47. The molecule has 0 amide bonds. The summed E-state index contributed by atoms with van der Waals surface area (Å²) < 4.78 is 13.2. The molecule has 0 spiro atoms. The van der Waals surface area contributed by atoms with Crippen LogP contribution in [-0.2, 0) is 6.42 Å². The van der Waals surface area contributed by atoms with Crippen LogP contribution in [-0.4, -0.2) is 23.8 Å². The molecular weight excluding hydrogens is 205 g/mol. The van der Waals surface area contributed by atoms with Crippen molar-refractivity contribution in [3.8, 4) is 0 Å². The molecule has 2 rings (SSSR count). The van der Waals surface area contributed by atoms with E-state index < -0.39 is 0 Å². The van der Waals surface area contributed by atoms with Crippen LogP contribution in [0.15, 0.2) is 18.2 Å². The number of nitrogens with one attached hydrogen (secondary N) is 1. The van der Waals surface area contributed by atoms with Crippen molar-refractivity contribution in [3.05, 3.63) is 35.1 Å². The molecule has 16 heavy (non-hydrogen) atoms. The SMILES string of the molecule is Cc1ccc(F)cc1CC1(CO)CCCN1. The molecule has 0 aromatic heterocycles. The van der Waals surface area contributed by atoms with E-state index in [1.54, 1.807) is 12.1 Å². The van der Waals surface area contributed by atoms with Gasteiger partial charge in [-0.3, -0.25) is 0 Å². The molecular formula is C13H18FNO. The Balaban J connectivity index is 2.21. The lowest BCUT2D eigenvalue weighted by Gasteiger charge is -2.28. The average Bonchev–Trinajstić information content (AvgIpc) is 2.73. The Hall–Kier alpha value is -0.930. The zero-order chi connectivity index (χ0) is 11.6. The fraction of sp³-hybridized carbons (Fsp3) is 0.538. The van der Waals surface area contributed by atoms with Crippen LogP contribution in [0.1, 0.15) is 24.0 Å². The number of rotatable bonds is 3. The van der Waals surface area contributed by atoms with Gasteiger partial charge in [-0.2, -0.15) is 0 Å². The van der Waals surface area contributed by atoms with Crippen LogP contribution in [0.3, 0.4) is 0 Å². The summed E-state index contributed by atoms with van der Waals surface area (Å²) in [7, 11) is 0. The molecule has 2 nitrogen and oxygen atoms in total. The first-order valence-electron chi connectivity index (χ1n) is 5.76. The van der Waals surface area contributed by atoms with E-state index in [9.17, 15) is 9.50 Å². The Bertz CT molecular complexity index is 372. The average molecular weight is 223 g/mol. The van der Waals surface area contributed by atoms with Crippen LogP contribution >= 0.6 is 0 Å². The van der Waals surface area contributed by atoms with Crippen molar-refractivity contribution in [2.75, 3.05) is 13.2 Å². The Labute approximate surface area is 95.5 Å². The maximum atomic E-state index is 13.2. The Morgan fingerprint density at radius 3 is 2.94 bits per heavy atom. The van der Waals surface area contributed by atoms with Gasteiger partial charge in [0, 0.05) is 5.54 Å². The molecule has 0 radical (unpaired) electrons. The summed E-state index contributed by atoms with van der Waals surface area (Å²) in [5, 5.41) is 12.8. The van der Waals surface area contributed by atoms with Crippen LogP contribution in [0.25, 0.3) is 0 Å². The third-order valence-corrected chi connectivity index (χ3v) is 3.47. The fourth-order valence-corrected chi connectivity index (χ4v) is 2.41. The van der Waals surface area contributed by atoms with Crippen LogP contribution in [0.2, 0.25) is 0 Å². The van der Waals surface area contributed by atoms with E-state index in [1.165, 1.54) is 6.07 Å². The monoisotopic (exact) mass is 223 g/mol. The second-order valence-electron chi connectivity index (χ2n) is 4.72. The number of halogens is 1. The van der Waals surface area contributed by atoms with Crippen molar-refractivity contribution in [3.63, 3.8) is 0 Å². The van der Waals surface area contributed by atoms with Gasteiger partial charge >= 0.3 is 0 Å². The van der Waals surface area contributed by atoms with Gasteiger partial charge in [0.1, 0.15) is 5.82 Å². The molecule has 1 saturated heterocycles. The Morgan fingerprint density at radius 1 is 1.50 bits per heavy atom. The lowest BCUT2D eigenvalue weighted by molar-refractivity contribution is 0.177. The van der Waals surface area contributed by atoms with Crippen LogP contribution < -0.4 is 5.32 Å². The molecule has 2 N–H and O–H groups in total. The number of hydrogen-bond donors (Lipinski definition) is 2. The van der Waals surface area contributed by atoms with Gasteiger partial charge < -0.3 is 10.4 Å². The molecule has 0 bridgehead atoms. The molecule has 1 aromatic rings. The first-order valence-corrected chi connectivity index (χ1v) is 5.76. The maximum absolute atomic E-state index is 13.2. The molecule has 88 valence electrons. The predicted molar refractivity (Wildman–Crippen MR) is 61.9 cm³/mol. The van der Waals surface area contributed by atoms with Gasteiger partial charge in [-0.1, -0.05) is 6.07 Å². The summed E-state index contributed by atoms with van der Waals surface area (Å²) in [5.41, 5.74) is 1.84. The highest BCUT2D eigenvalue weighted by Crippen LogP contribution is 2.25. The summed E-state index contributed by atoms with van der Waals surface area (Å²) in [6.45, 7) is 3.03. The molecule has 1 aromatic carbocycles. The summed E-state index contributed by atoms with van der Waals surface area (Å²) in [5.74, 6) is -0.202. The molecule has 1 heterocycles. The smallest absolute Gasteiger partial charge is 0.123 e. The van der Waals surface area contributed by atoms with Gasteiger partial charge in [-0.05, 0) is 56.0 Å². The van der Waals surface area contributed by atoms with E-state index in [1.807, 2.05) is 6.92 Å². The minimum atomic E-state index is -0.238. The van der Waals surface area contributed by atoms with Gasteiger partial charge in [0.05, 0.1) is 6.61 Å². The van der Waals surface area contributed by atoms with E-state index in [2.05, 4.69) is 5.32 Å². The highest BCUT2D eigenvalue weighted by Gasteiger charge is 2.33. The topological polar surface area (TPSA) is 32.3 Å². The van der Waals surface area contributed by atoms with Crippen molar-refractivity contribution in [1.82, 2.24) is 5.32 Å². The van der Waals surface area contributed by atoms with E-state index in [-0.39, 0.29) is 18.0 Å². The lowest BCUT2D eigenvalue weighted by Crippen LogP contribution is -2.45. The normalized spacial score (nSPS) is 24.9. The number of aliphatic hydroxyl groups is 1. The third kappa shape index (κ3) is 2.25. The Kier molecular flexibility index (Phi) is 3.26. The molecule has 1 atom stereocenters. The molecule has 1 aliphatic rings. The maximum Gasteiger partial charge on any atom is 0.123 e. The van der Waals surface area contributed by atoms with Gasteiger partial charge in [-0.15, -0.1) is 0 Å². The molecule has 0 aliphatic carbocycles. The number of aliphatic hydroxyl groups excluding tert-OH is 1. The standard InChI is InChI=1S/C13H18FNO/c1-10-3-4-12(14)7-11(10)8-13(9-16)5-2-6-15-13/h3-4,7,15-16H,2,5-6,8-9H2,1H3. The van der Waals surface area contributed by atoms with E-state index in [4.69, 9.17) is 0 Å². The van der Waals surface area contributed by atoms with Crippen molar-refractivity contribution >= 4 is 0 Å². The van der Waals surface area contributed by atoms with Crippen LogP contribution in [0, 0.1) is 12.7 Å². The second kappa shape index (κ2) is 4.52. The summed E-state index contributed by atoms with van der Waals surface area (Å²) in [6.07, 6.45) is 2.74. The molecule has 1 aliphatic heterocycles. The van der Waals surface area contributed by atoms with Crippen LogP contribution in [0.4, 0.5) is 4.39 Å². The summed E-state index contributed by atoms with van der Waals surface area (Å²) in [4.78, 5) is 0. The quantitative estimate of drug-likeness (QED) is 0.819. The zero-order valence-corrected chi connectivity index (χ0v) is 9.59. The van der Waals surface area contributed by atoms with E-state index >= 15 is 0 Å². The molecule has 0 saturated carbocycles. The first-order chi connectivity index (χ1) is 7.65. The number of hydrogen-bond acceptors (Lipinski definition) is 2. The van der Waals surface area contributed by atoms with Crippen molar-refractivity contribution in [2.24, 2.45) is 0 Å². The number of benzene rings is 1. The zero-order valence-electron chi connectivity index (χ0n) is 9.59. The Morgan fingerprint density at radius 2 is 2.31 bits per heavy atom. The predicted octanol–water partition coefficient (Wildman–Crippen LogP) is 1.79. The van der Waals surface area contributed by atoms with Gasteiger partial charge in [0.2, 0.25) is 0 Å². The molecule has 3 heteroatoms. The van der Waals surface area contributed by atoms with Crippen molar-refractivity contribution < 1.29 is 9.50 Å².